The quantitative estimate of drug-likeness (QED) is 0.888. The SMILES string of the molecule is Oc1cccn2c(CC3CCCSC3)ncc12. The molecule has 1 aliphatic rings. The Bertz CT molecular complexity index is 517. The van der Waals surface area contributed by atoms with Crippen LogP contribution in [0.4, 0.5) is 0 Å². The molecule has 2 aromatic heterocycles. The van der Waals surface area contributed by atoms with Crippen molar-refractivity contribution in [3.05, 3.63) is 30.4 Å². The highest BCUT2D eigenvalue weighted by atomic mass is 32.2. The van der Waals surface area contributed by atoms with Crippen molar-refractivity contribution in [2.24, 2.45) is 5.92 Å². The minimum Gasteiger partial charge on any atom is -0.506 e. The van der Waals surface area contributed by atoms with Crippen LogP contribution in [0.25, 0.3) is 5.52 Å². The molecule has 1 unspecified atom stereocenters. The number of aromatic hydroxyl groups is 1. The van der Waals surface area contributed by atoms with Crippen LogP contribution in [0, 0.1) is 5.92 Å². The predicted molar refractivity (Wildman–Crippen MR) is 70.6 cm³/mol. The average molecular weight is 248 g/mol. The second-order valence-corrected chi connectivity index (χ2v) is 5.76. The fourth-order valence-corrected chi connectivity index (χ4v) is 3.59. The number of hydrogen-bond acceptors (Lipinski definition) is 3. The third kappa shape index (κ3) is 2.14. The predicted octanol–water partition coefficient (Wildman–Crippen LogP) is 2.73. The van der Waals surface area contributed by atoms with Crippen molar-refractivity contribution >= 4 is 17.3 Å². The van der Waals surface area contributed by atoms with Gasteiger partial charge in [0.25, 0.3) is 0 Å². The molecule has 1 fully saturated rings. The molecular formula is C13H16N2OS. The van der Waals surface area contributed by atoms with E-state index in [0.717, 1.165) is 23.7 Å². The van der Waals surface area contributed by atoms with Gasteiger partial charge in [0.15, 0.2) is 0 Å². The van der Waals surface area contributed by atoms with Crippen LogP contribution < -0.4 is 0 Å². The highest BCUT2D eigenvalue weighted by Gasteiger charge is 2.17. The van der Waals surface area contributed by atoms with Crippen LogP contribution in [-0.2, 0) is 6.42 Å². The zero-order valence-corrected chi connectivity index (χ0v) is 10.5. The maximum Gasteiger partial charge on any atom is 0.141 e. The van der Waals surface area contributed by atoms with E-state index in [1.165, 1.54) is 24.3 Å². The first-order chi connectivity index (χ1) is 8.34. The molecule has 0 aromatic carbocycles. The van der Waals surface area contributed by atoms with Gasteiger partial charge in [-0.05, 0) is 42.4 Å². The van der Waals surface area contributed by atoms with Gasteiger partial charge in [-0.1, -0.05) is 0 Å². The number of imidazole rings is 1. The number of pyridine rings is 1. The summed E-state index contributed by atoms with van der Waals surface area (Å²) < 4.78 is 2.01. The molecule has 1 aliphatic heterocycles. The Balaban J connectivity index is 1.87. The van der Waals surface area contributed by atoms with Gasteiger partial charge < -0.3 is 9.51 Å². The molecule has 1 N–H and O–H groups in total. The Morgan fingerprint density at radius 2 is 2.47 bits per heavy atom. The van der Waals surface area contributed by atoms with E-state index >= 15 is 0 Å². The number of hydrogen-bond donors (Lipinski definition) is 1. The minimum atomic E-state index is 0.310. The molecule has 0 bridgehead atoms. The van der Waals surface area contributed by atoms with E-state index in [1.807, 2.05) is 28.4 Å². The number of fused-ring (bicyclic) bond motifs is 1. The smallest absolute Gasteiger partial charge is 0.141 e. The molecule has 90 valence electrons. The summed E-state index contributed by atoms with van der Waals surface area (Å²) in [6.45, 7) is 0. The Morgan fingerprint density at radius 1 is 1.53 bits per heavy atom. The first-order valence-electron chi connectivity index (χ1n) is 6.06. The third-order valence-corrected chi connectivity index (χ3v) is 4.64. The van der Waals surface area contributed by atoms with Crippen LogP contribution in [0.2, 0.25) is 0 Å². The molecule has 0 amide bonds. The van der Waals surface area contributed by atoms with Gasteiger partial charge in [-0.15, -0.1) is 0 Å². The van der Waals surface area contributed by atoms with Crippen LogP contribution in [-0.4, -0.2) is 26.0 Å². The number of rotatable bonds is 2. The number of nitrogens with zero attached hydrogens (tertiary/aromatic N) is 2. The van der Waals surface area contributed by atoms with Crippen LogP contribution >= 0.6 is 11.8 Å². The van der Waals surface area contributed by atoms with Gasteiger partial charge in [-0.2, -0.15) is 11.8 Å². The Hall–Kier alpha value is -1.16. The lowest BCUT2D eigenvalue weighted by molar-refractivity contribution is 0.477. The highest BCUT2D eigenvalue weighted by Crippen LogP contribution is 2.26. The molecule has 0 aliphatic carbocycles. The number of aromatic nitrogens is 2. The second-order valence-electron chi connectivity index (χ2n) is 4.61. The van der Waals surface area contributed by atoms with E-state index in [4.69, 9.17) is 0 Å². The molecule has 3 heterocycles. The van der Waals surface area contributed by atoms with Crippen LogP contribution in [0.3, 0.4) is 0 Å². The molecule has 0 saturated carbocycles. The fourth-order valence-electron chi connectivity index (χ4n) is 2.44. The summed E-state index contributed by atoms with van der Waals surface area (Å²) in [5.74, 6) is 4.67. The van der Waals surface area contributed by atoms with Crippen LogP contribution in [0.5, 0.6) is 5.75 Å². The van der Waals surface area contributed by atoms with Gasteiger partial charge in [0.05, 0.1) is 6.20 Å². The molecule has 17 heavy (non-hydrogen) atoms. The normalized spacial score (nSPS) is 20.8. The summed E-state index contributed by atoms with van der Waals surface area (Å²) in [5, 5.41) is 9.73. The van der Waals surface area contributed by atoms with Crippen molar-refractivity contribution in [2.45, 2.75) is 19.3 Å². The van der Waals surface area contributed by atoms with Crippen molar-refractivity contribution in [2.75, 3.05) is 11.5 Å². The van der Waals surface area contributed by atoms with Crippen molar-refractivity contribution < 1.29 is 5.11 Å². The Kier molecular flexibility index (Phi) is 2.97. The summed E-state index contributed by atoms with van der Waals surface area (Å²) in [6, 6.07) is 3.57. The van der Waals surface area contributed by atoms with Crippen molar-refractivity contribution in [1.82, 2.24) is 9.38 Å². The molecule has 3 rings (SSSR count). The molecular weight excluding hydrogens is 232 g/mol. The van der Waals surface area contributed by atoms with Gasteiger partial charge in [-0.25, -0.2) is 4.98 Å². The van der Waals surface area contributed by atoms with Crippen molar-refractivity contribution in [3.63, 3.8) is 0 Å². The molecule has 3 nitrogen and oxygen atoms in total. The topological polar surface area (TPSA) is 37.5 Å². The molecule has 1 saturated heterocycles. The molecule has 1 atom stereocenters. The van der Waals surface area contributed by atoms with E-state index in [9.17, 15) is 5.11 Å². The summed E-state index contributed by atoms with van der Waals surface area (Å²) in [5.41, 5.74) is 0.811. The second kappa shape index (κ2) is 4.61. The summed E-state index contributed by atoms with van der Waals surface area (Å²) in [7, 11) is 0. The largest absolute Gasteiger partial charge is 0.506 e. The van der Waals surface area contributed by atoms with Gasteiger partial charge >= 0.3 is 0 Å². The van der Waals surface area contributed by atoms with Crippen molar-refractivity contribution in [3.8, 4) is 5.75 Å². The summed E-state index contributed by atoms with van der Waals surface area (Å²) >= 11 is 2.05. The summed E-state index contributed by atoms with van der Waals surface area (Å²) in [4.78, 5) is 4.44. The Labute approximate surface area is 105 Å². The van der Waals surface area contributed by atoms with Gasteiger partial charge in [-0.3, -0.25) is 0 Å². The lowest BCUT2D eigenvalue weighted by Gasteiger charge is -2.20. The average Bonchev–Trinajstić information content (AvgIpc) is 2.76. The minimum absolute atomic E-state index is 0.310. The van der Waals surface area contributed by atoms with Crippen LogP contribution in [0.15, 0.2) is 24.5 Å². The highest BCUT2D eigenvalue weighted by molar-refractivity contribution is 7.99. The van der Waals surface area contributed by atoms with E-state index < -0.39 is 0 Å². The maximum atomic E-state index is 9.73. The lowest BCUT2D eigenvalue weighted by Crippen LogP contribution is -2.14. The van der Waals surface area contributed by atoms with Gasteiger partial charge in [0.1, 0.15) is 17.1 Å². The molecule has 0 radical (unpaired) electrons. The fraction of sp³-hybridized carbons (Fsp3) is 0.462. The van der Waals surface area contributed by atoms with Gasteiger partial charge in [0.2, 0.25) is 0 Å². The molecule has 2 aromatic rings. The zero-order chi connectivity index (χ0) is 11.7. The maximum absolute atomic E-state index is 9.73. The van der Waals surface area contributed by atoms with Crippen LogP contribution in [0.1, 0.15) is 18.7 Å². The van der Waals surface area contributed by atoms with E-state index in [2.05, 4.69) is 4.98 Å². The van der Waals surface area contributed by atoms with E-state index in [1.54, 1.807) is 12.3 Å². The first kappa shape index (κ1) is 11.0. The summed E-state index contributed by atoms with van der Waals surface area (Å²) in [6.07, 6.45) is 7.39. The zero-order valence-electron chi connectivity index (χ0n) is 9.67. The standard InChI is InChI=1S/C13H16N2OS/c16-12-4-1-5-15-11(12)8-14-13(15)7-10-3-2-6-17-9-10/h1,4-5,8,10,16H,2-3,6-7,9H2. The van der Waals surface area contributed by atoms with E-state index in [0.29, 0.717) is 5.75 Å². The monoisotopic (exact) mass is 248 g/mol. The Morgan fingerprint density at radius 3 is 3.29 bits per heavy atom. The lowest BCUT2D eigenvalue weighted by atomic mass is 10.0. The first-order valence-corrected chi connectivity index (χ1v) is 7.22. The van der Waals surface area contributed by atoms with Crippen molar-refractivity contribution in [1.29, 1.82) is 0 Å². The molecule has 4 heteroatoms. The van der Waals surface area contributed by atoms with Gasteiger partial charge in [0, 0.05) is 12.6 Å². The third-order valence-electron chi connectivity index (χ3n) is 3.35. The molecule has 0 spiro atoms. The number of thioether (sulfide) groups is 1. The van der Waals surface area contributed by atoms with E-state index in [-0.39, 0.29) is 0 Å².